The predicted octanol–water partition coefficient (Wildman–Crippen LogP) is 6.33. The molecular formula is C31H31BN2O2. The number of anilines is 2. The monoisotopic (exact) mass is 474 g/mol. The first-order chi connectivity index (χ1) is 17.5. The van der Waals surface area contributed by atoms with Crippen LogP contribution < -0.4 is 10.6 Å². The minimum Gasteiger partial charge on any atom is -0.322 e. The maximum absolute atomic E-state index is 12.5. The van der Waals surface area contributed by atoms with Gasteiger partial charge in [0.15, 0.2) is 0 Å². The van der Waals surface area contributed by atoms with Crippen LogP contribution in [0.4, 0.5) is 11.4 Å². The SMILES string of the molecule is CBCc1ccc(C(=O)Nc2ccc(Cc3ccc(NC(=O)c4ccc(CC)cc4)cc3)cc2)cc1. The van der Waals surface area contributed by atoms with E-state index < -0.39 is 0 Å². The molecule has 0 aliphatic carbocycles. The van der Waals surface area contributed by atoms with Crippen molar-refractivity contribution in [2.75, 3.05) is 10.6 Å². The van der Waals surface area contributed by atoms with E-state index in [4.69, 9.17) is 0 Å². The summed E-state index contributed by atoms with van der Waals surface area (Å²) in [5.41, 5.74) is 7.59. The number of benzene rings is 4. The number of hydrogen-bond donors (Lipinski definition) is 2. The summed E-state index contributed by atoms with van der Waals surface area (Å²) in [5.74, 6) is -0.218. The molecule has 0 atom stereocenters. The maximum Gasteiger partial charge on any atom is 0.255 e. The molecule has 5 heteroatoms. The zero-order chi connectivity index (χ0) is 25.3. The topological polar surface area (TPSA) is 58.2 Å². The minimum absolute atomic E-state index is 0.107. The normalized spacial score (nSPS) is 10.5. The lowest BCUT2D eigenvalue weighted by Gasteiger charge is -2.09. The molecule has 0 aliphatic heterocycles. The average Bonchev–Trinajstić information content (AvgIpc) is 2.91. The highest BCUT2D eigenvalue weighted by Crippen LogP contribution is 2.18. The summed E-state index contributed by atoms with van der Waals surface area (Å²) < 4.78 is 0. The van der Waals surface area contributed by atoms with Gasteiger partial charge in [0, 0.05) is 22.5 Å². The van der Waals surface area contributed by atoms with E-state index in [0.29, 0.717) is 11.1 Å². The molecule has 0 saturated heterocycles. The summed E-state index contributed by atoms with van der Waals surface area (Å²) in [7, 11) is 1.09. The highest BCUT2D eigenvalue weighted by molar-refractivity contribution is 6.32. The van der Waals surface area contributed by atoms with Crippen molar-refractivity contribution in [3.63, 3.8) is 0 Å². The highest BCUT2D eigenvalue weighted by Gasteiger charge is 2.08. The molecule has 0 spiro atoms. The van der Waals surface area contributed by atoms with E-state index in [9.17, 15) is 9.59 Å². The van der Waals surface area contributed by atoms with Crippen molar-refractivity contribution in [1.82, 2.24) is 0 Å². The van der Waals surface area contributed by atoms with E-state index in [1.165, 1.54) is 11.1 Å². The number of hydrogen-bond acceptors (Lipinski definition) is 2. The smallest absolute Gasteiger partial charge is 0.255 e. The molecule has 0 unspecified atom stereocenters. The van der Waals surface area contributed by atoms with E-state index in [2.05, 4.69) is 24.4 Å². The second-order valence-electron chi connectivity index (χ2n) is 8.98. The first-order valence-corrected chi connectivity index (χ1v) is 12.5. The molecule has 0 aliphatic rings. The number of nitrogens with one attached hydrogen (secondary N) is 2. The summed E-state index contributed by atoms with van der Waals surface area (Å²) >= 11 is 0. The fourth-order valence-electron chi connectivity index (χ4n) is 4.06. The molecule has 180 valence electrons. The van der Waals surface area contributed by atoms with Crippen molar-refractivity contribution in [2.24, 2.45) is 0 Å². The molecular weight excluding hydrogens is 443 g/mol. The first-order valence-electron chi connectivity index (χ1n) is 12.5. The highest BCUT2D eigenvalue weighted by atomic mass is 16.2. The summed E-state index contributed by atoms with van der Waals surface area (Å²) in [5, 5.41) is 5.92. The van der Waals surface area contributed by atoms with Crippen LogP contribution in [0, 0.1) is 0 Å². The van der Waals surface area contributed by atoms with Crippen molar-refractivity contribution < 1.29 is 9.59 Å². The Balaban J connectivity index is 1.30. The number of aryl methyl sites for hydroxylation is 1. The second-order valence-corrected chi connectivity index (χ2v) is 8.98. The Morgan fingerprint density at radius 1 is 0.583 bits per heavy atom. The average molecular weight is 474 g/mol. The molecule has 0 radical (unpaired) electrons. The lowest BCUT2D eigenvalue weighted by atomic mass is 9.75. The van der Waals surface area contributed by atoms with Gasteiger partial charge < -0.3 is 10.6 Å². The van der Waals surface area contributed by atoms with Crippen LogP contribution in [0.3, 0.4) is 0 Å². The largest absolute Gasteiger partial charge is 0.322 e. The van der Waals surface area contributed by atoms with Gasteiger partial charge in [0.25, 0.3) is 11.8 Å². The lowest BCUT2D eigenvalue weighted by Crippen LogP contribution is -2.12. The van der Waals surface area contributed by atoms with Crippen molar-refractivity contribution in [1.29, 1.82) is 0 Å². The molecule has 4 rings (SSSR count). The quantitative estimate of drug-likeness (QED) is 0.279. The van der Waals surface area contributed by atoms with Crippen molar-refractivity contribution >= 4 is 30.5 Å². The molecule has 2 amide bonds. The van der Waals surface area contributed by atoms with Gasteiger partial charge in [-0.05, 0) is 78.1 Å². The van der Waals surface area contributed by atoms with E-state index >= 15 is 0 Å². The Kier molecular flexibility index (Phi) is 8.35. The van der Waals surface area contributed by atoms with Crippen LogP contribution in [0.5, 0.6) is 0 Å². The summed E-state index contributed by atoms with van der Waals surface area (Å²) in [6, 6.07) is 31.3. The van der Waals surface area contributed by atoms with Crippen molar-refractivity contribution in [2.45, 2.75) is 32.9 Å². The van der Waals surface area contributed by atoms with E-state index in [1.54, 1.807) is 0 Å². The van der Waals surface area contributed by atoms with E-state index in [-0.39, 0.29) is 11.8 Å². The lowest BCUT2D eigenvalue weighted by molar-refractivity contribution is 0.101. The molecule has 0 saturated carbocycles. The Morgan fingerprint density at radius 2 is 0.972 bits per heavy atom. The molecule has 2 N–H and O–H groups in total. The van der Waals surface area contributed by atoms with Crippen LogP contribution in [0.1, 0.15) is 49.9 Å². The Labute approximate surface area is 214 Å². The van der Waals surface area contributed by atoms with Gasteiger partial charge in [0.2, 0.25) is 0 Å². The van der Waals surface area contributed by atoms with Crippen molar-refractivity contribution in [3.05, 3.63) is 130 Å². The Morgan fingerprint density at radius 3 is 1.36 bits per heavy atom. The number of carbonyl (C=O) groups is 2. The molecule has 36 heavy (non-hydrogen) atoms. The molecule has 0 fully saturated rings. The number of amides is 2. The van der Waals surface area contributed by atoms with Crippen LogP contribution in [0.2, 0.25) is 6.82 Å². The standard InChI is InChI=1S/C31H31BN2O2/c1-3-22-4-12-26(13-5-22)30(35)33-28-16-8-23(9-17-28)20-24-10-18-29(19-11-24)34-31(36)27-14-6-25(7-15-27)21-32-2/h4-19,32H,3,20-21H2,1-2H3,(H,33,35)(H,34,36). The maximum atomic E-state index is 12.5. The van der Waals surface area contributed by atoms with E-state index in [1.807, 2.05) is 97.1 Å². The van der Waals surface area contributed by atoms with Crippen LogP contribution >= 0.6 is 0 Å². The molecule has 0 heterocycles. The number of rotatable bonds is 9. The van der Waals surface area contributed by atoms with Gasteiger partial charge in [-0.25, -0.2) is 0 Å². The van der Waals surface area contributed by atoms with Gasteiger partial charge in [-0.15, -0.1) is 0 Å². The molecule has 4 aromatic carbocycles. The molecule has 4 nitrogen and oxygen atoms in total. The van der Waals surface area contributed by atoms with Gasteiger partial charge in [-0.3, -0.25) is 9.59 Å². The Hall–Kier alpha value is -4.12. The predicted molar refractivity (Wildman–Crippen MR) is 151 cm³/mol. The van der Waals surface area contributed by atoms with Gasteiger partial charge >= 0.3 is 0 Å². The van der Waals surface area contributed by atoms with Gasteiger partial charge in [0.1, 0.15) is 7.28 Å². The van der Waals surface area contributed by atoms with Crippen molar-refractivity contribution in [3.8, 4) is 0 Å². The molecule has 4 aromatic rings. The molecule has 0 bridgehead atoms. The third kappa shape index (κ3) is 6.73. The fourth-order valence-corrected chi connectivity index (χ4v) is 4.06. The zero-order valence-corrected chi connectivity index (χ0v) is 20.9. The third-order valence-electron chi connectivity index (χ3n) is 6.21. The van der Waals surface area contributed by atoms with Crippen LogP contribution in [0.25, 0.3) is 0 Å². The van der Waals surface area contributed by atoms with Gasteiger partial charge in [-0.1, -0.05) is 74.2 Å². The second kappa shape index (κ2) is 12.0. The Bertz CT molecular complexity index is 1300. The number of carbonyl (C=O) groups excluding carboxylic acids is 2. The summed E-state index contributed by atoms with van der Waals surface area (Å²) in [6.45, 7) is 4.24. The zero-order valence-electron chi connectivity index (χ0n) is 20.9. The first kappa shape index (κ1) is 25.0. The third-order valence-corrected chi connectivity index (χ3v) is 6.21. The van der Waals surface area contributed by atoms with Gasteiger partial charge in [0.05, 0.1) is 0 Å². The van der Waals surface area contributed by atoms with Crippen LogP contribution in [0.15, 0.2) is 97.1 Å². The minimum atomic E-state index is -0.111. The fraction of sp³-hybridized carbons (Fsp3) is 0.161. The molecule has 0 aromatic heterocycles. The van der Waals surface area contributed by atoms with Crippen LogP contribution in [-0.4, -0.2) is 19.1 Å². The van der Waals surface area contributed by atoms with E-state index in [0.717, 1.165) is 48.9 Å². The summed E-state index contributed by atoms with van der Waals surface area (Å²) in [4.78, 5) is 25.0. The summed E-state index contributed by atoms with van der Waals surface area (Å²) in [6.07, 6.45) is 2.74. The van der Waals surface area contributed by atoms with Gasteiger partial charge in [-0.2, -0.15) is 0 Å². The van der Waals surface area contributed by atoms with Crippen LogP contribution in [-0.2, 0) is 19.2 Å².